The Bertz CT molecular complexity index is 1070. The summed E-state index contributed by atoms with van der Waals surface area (Å²) in [5, 5.41) is 2.74. The number of carbonyl (C=O) groups is 1. The number of rotatable bonds is 5. The van der Waals surface area contributed by atoms with Gasteiger partial charge in [-0.15, -0.1) is 0 Å². The number of para-hydroxylation sites is 1. The lowest BCUT2D eigenvalue weighted by Crippen LogP contribution is -2.17. The van der Waals surface area contributed by atoms with Gasteiger partial charge in [0.2, 0.25) is 0 Å². The first-order chi connectivity index (χ1) is 12.8. The van der Waals surface area contributed by atoms with E-state index in [1.807, 2.05) is 6.07 Å². The number of aryl methyl sites for hydroxylation is 1. The van der Waals surface area contributed by atoms with Crippen molar-refractivity contribution in [1.82, 2.24) is 0 Å². The molecule has 27 heavy (non-hydrogen) atoms. The summed E-state index contributed by atoms with van der Waals surface area (Å²) in [7, 11) is -3.92. The highest BCUT2D eigenvalue weighted by Crippen LogP contribution is 2.20. The van der Waals surface area contributed by atoms with Crippen molar-refractivity contribution in [2.75, 3.05) is 10.0 Å². The summed E-state index contributed by atoms with van der Waals surface area (Å²) in [6, 6.07) is 18.2. The van der Waals surface area contributed by atoms with E-state index in [0.717, 1.165) is 12.1 Å². The predicted octanol–water partition coefficient (Wildman–Crippen LogP) is 4.19. The van der Waals surface area contributed by atoms with Crippen LogP contribution < -0.4 is 10.0 Å². The molecule has 0 fully saturated rings. The molecular weight excluding hydrogens is 367 g/mol. The van der Waals surface area contributed by atoms with Gasteiger partial charge in [0.1, 0.15) is 5.82 Å². The van der Waals surface area contributed by atoms with E-state index in [1.165, 1.54) is 24.3 Å². The normalized spacial score (nSPS) is 11.0. The van der Waals surface area contributed by atoms with Gasteiger partial charge < -0.3 is 5.32 Å². The second-order valence-electron chi connectivity index (χ2n) is 5.91. The number of hydrogen-bond donors (Lipinski definition) is 2. The highest BCUT2D eigenvalue weighted by atomic mass is 32.2. The van der Waals surface area contributed by atoms with Crippen LogP contribution in [0.15, 0.2) is 77.7 Å². The topological polar surface area (TPSA) is 75.3 Å². The van der Waals surface area contributed by atoms with Gasteiger partial charge in [0.25, 0.3) is 15.9 Å². The number of anilines is 2. The third kappa shape index (κ3) is 4.51. The minimum atomic E-state index is -3.92. The number of nitrogens with one attached hydrogen (secondary N) is 2. The number of halogens is 1. The van der Waals surface area contributed by atoms with Crippen molar-refractivity contribution >= 4 is 27.3 Å². The van der Waals surface area contributed by atoms with Crippen LogP contribution in [0, 0.1) is 12.7 Å². The van der Waals surface area contributed by atoms with E-state index in [1.54, 1.807) is 37.3 Å². The summed E-state index contributed by atoms with van der Waals surface area (Å²) < 4.78 is 40.5. The molecule has 3 rings (SSSR count). The lowest BCUT2D eigenvalue weighted by atomic mass is 10.1. The van der Waals surface area contributed by atoms with Gasteiger partial charge in [-0.1, -0.05) is 24.3 Å². The molecule has 3 aromatic carbocycles. The Hall–Kier alpha value is -3.19. The molecule has 3 aromatic rings. The van der Waals surface area contributed by atoms with Gasteiger partial charge in [-0.3, -0.25) is 9.52 Å². The quantitative estimate of drug-likeness (QED) is 0.693. The lowest BCUT2D eigenvalue weighted by Gasteiger charge is -2.12. The predicted molar refractivity (Wildman–Crippen MR) is 103 cm³/mol. The van der Waals surface area contributed by atoms with Crippen LogP contribution in [0.4, 0.5) is 15.8 Å². The van der Waals surface area contributed by atoms with Crippen LogP contribution in [0.3, 0.4) is 0 Å². The second kappa shape index (κ2) is 7.59. The van der Waals surface area contributed by atoms with Gasteiger partial charge >= 0.3 is 0 Å². The molecule has 0 spiro atoms. The zero-order valence-corrected chi connectivity index (χ0v) is 15.3. The van der Waals surface area contributed by atoms with Gasteiger partial charge in [-0.05, 0) is 61.0 Å². The van der Waals surface area contributed by atoms with Crippen molar-refractivity contribution < 1.29 is 17.6 Å². The Balaban J connectivity index is 1.87. The lowest BCUT2D eigenvalue weighted by molar-refractivity contribution is 0.102. The fourth-order valence-corrected chi connectivity index (χ4v) is 3.55. The van der Waals surface area contributed by atoms with E-state index in [4.69, 9.17) is 0 Å². The molecule has 0 saturated heterocycles. The Labute approximate surface area is 156 Å². The Morgan fingerprint density at radius 1 is 0.889 bits per heavy atom. The summed E-state index contributed by atoms with van der Waals surface area (Å²) in [4.78, 5) is 12.5. The standard InChI is InChI=1S/C20H17FN2O3S/c1-14-7-12-18(27(25,26)23-17-10-8-15(21)9-11-17)13-19(14)20(24)22-16-5-3-2-4-6-16/h2-13,23H,1H3,(H,22,24). The second-order valence-corrected chi connectivity index (χ2v) is 7.59. The van der Waals surface area contributed by atoms with Gasteiger partial charge in [-0.2, -0.15) is 0 Å². The zero-order chi connectivity index (χ0) is 19.4. The summed E-state index contributed by atoms with van der Waals surface area (Å²) in [5.41, 5.74) is 1.73. The third-order valence-electron chi connectivity index (χ3n) is 3.89. The van der Waals surface area contributed by atoms with Crippen LogP contribution in [0.2, 0.25) is 0 Å². The maximum atomic E-state index is 13.0. The molecule has 7 heteroatoms. The Kier molecular flexibility index (Phi) is 5.23. The van der Waals surface area contributed by atoms with Gasteiger partial charge in [-0.25, -0.2) is 12.8 Å². The molecule has 0 unspecified atom stereocenters. The fourth-order valence-electron chi connectivity index (χ4n) is 2.46. The van der Waals surface area contributed by atoms with E-state index < -0.39 is 21.7 Å². The average molecular weight is 384 g/mol. The number of benzene rings is 3. The van der Waals surface area contributed by atoms with E-state index in [-0.39, 0.29) is 16.1 Å². The molecule has 5 nitrogen and oxygen atoms in total. The monoisotopic (exact) mass is 384 g/mol. The van der Waals surface area contributed by atoms with E-state index in [0.29, 0.717) is 11.3 Å². The van der Waals surface area contributed by atoms with E-state index in [9.17, 15) is 17.6 Å². The van der Waals surface area contributed by atoms with Gasteiger partial charge in [0, 0.05) is 16.9 Å². The maximum Gasteiger partial charge on any atom is 0.261 e. The third-order valence-corrected chi connectivity index (χ3v) is 5.27. The number of hydrogen-bond acceptors (Lipinski definition) is 3. The van der Waals surface area contributed by atoms with Crippen molar-refractivity contribution in [1.29, 1.82) is 0 Å². The van der Waals surface area contributed by atoms with Crippen LogP contribution >= 0.6 is 0 Å². The molecule has 138 valence electrons. The smallest absolute Gasteiger partial charge is 0.261 e. The summed E-state index contributed by atoms with van der Waals surface area (Å²) in [6.45, 7) is 1.73. The molecular formula is C20H17FN2O3S. The molecule has 0 aliphatic heterocycles. The Morgan fingerprint density at radius 3 is 2.22 bits per heavy atom. The zero-order valence-electron chi connectivity index (χ0n) is 14.4. The highest BCUT2D eigenvalue weighted by molar-refractivity contribution is 7.92. The molecule has 0 aliphatic carbocycles. The summed E-state index contributed by atoms with van der Waals surface area (Å²) in [6.07, 6.45) is 0. The SMILES string of the molecule is Cc1ccc(S(=O)(=O)Nc2ccc(F)cc2)cc1C(=O)Nc1ccccc1. The Morgan fingerprint density at radius 2 is 1.56 bits per heavy atom. The average Bonchev–Trinajstić information content (AvgIpc) is 2.64. The van der Waals surface area contributed by atoms with Crippen LogP contribution in [-0.4, -0.2) is 14.3 Å². The van der Waals surface area contributed by atoms with Crippen LogP contribution in [0.1, 0.15) is 15.9 Å². The minimum absolute atomic E-state index is 0.0596. The van der Waals surface area contributed by atoms with E-state index in [2.05, 4.69) is 10.0 Å². The van der Waals surface area contributed by atoms with Crippen LogP contribution in [0.5, 0.6) is 0 Å². The van der Waals surface area contributed by atoms with Gasteiger partial charge in [0.15, 0.2) is 0 Å². The molecule has 1 amide bonds. The molecule has 0 bridgehead atoms. The molecule has 2 N–H and O–H groups in total. The molecule has 0 saturated carbocycles. The molecule has 0 aromatic heterocycles. The summed E-state index contributed by atoms with van der Waals surface area (Å²) in [5.74, 6) is -0.870. The maximum absolute atomic E-state index is 13.0. The highest BCUT2D eigenvalue weighted by Gasteiger charge is 2.18. The van der Waals surface area contributed by atoms with E-state index >= 15 is 0 Å². The first-order valence-electron chi connectivity index (χ1n) is 8.10. The first-order valence-corrected chi connectivity index (χ1v) is 9.59. The van der Waals surface area contributed by atoms with Crippen LogP contribution in [-0.2, 0) is 10.0 Å². The first kappa shape index (κ1) is 18.6. The van der Waals surface area contributed by atoms with Crippen molar-refractivity contribution in [2.45, 2.75) is 11.8 Å². The van der Waals surface area contributed by atoms with Crippen molar-refractivity contribution in [3.8, 4) is 0 Å². The van der Waals surface area contributed by atoms with Crippen molar-refractivity contribution in [3.05, 3.63) is 89.7 Å². The number of carbonyl (C=O) groups excluding carboxylic acids is 1. The van der Waals surface area contributed by atoms with Crippen molar-refractivity contribution in [2.24, 2.45) is 0 Å². The van der Waals surface area contributed by atoms with Crippen molar-refractivity contribution in [3.63, 3.8) is 0 Å². The molecule has 0 heterocycles. The fraction of sp³-hybridized carbons (Fsp3) is 0.0500. The number of sulfonamides is 1. The molecule has 0 atom stereocenters. The summed E-state index contributed by atoms with van der Waals surface area (Å²) >= 11 is 0. The minimum Gasteiger partial charge on any atom is -0.322 e. The van der Waals surface area contributed by atoms with Gasteiger partial charge in [0.05, 0.1) is 4.90 Å². The largest absolute Gasteiger partial charge is 0.322 e. The van der Waals surface area contributed by atoms with Crippen LogP contribution in [0.25, 0.3) is 0 Å². The molecule has 0 radical (unpaired) electrons. The molecule has 0 aliphatic rings. The number of amides is 1.